The van der Waals surface area contributed by atoms with Gasteiger partial charge < -0.3 is 28.9 Å². The van der Waals surface area contributed by atoms with Crippen LogP contribution in [0.2, 0.25) is 0 Å². The van der Waals surface area contributed by atoms with Crippen molar-refractivity contribution < 1.29 is 43.1 Å². The number of ether oxygens (including phenoxy) is 3. The minimum absolute atomic E-state index is 0.0123. The molecule has 5 N–H and O–H groups in total. The molecule has 1 aromatic rings. The van der Waals surface area contributed by atoms with E-state index in [1.165, 1.54) is 27.3 Å². The van der Waals surface area contributed by atoms with Gasteiger partial charge in [-0.2, -0.15) is 0 Å². The number of aliphatic hydroxyl groups is 2. The molecule has 232 valence electrons. The highest BCUT2D eigenvalue weighted by Gasteiger charge is 2.85. The van der Waals surface area contributed by atoms with Crippen LogP contribution in [-0.2, 0) is 32.9 Å². The summed E-state index contributed by atoms with van der Waals surface area (Å²) in [6, 6.07) is -2.06. The lowest BCUT2D eigenvalue weighted by molar-refractivity contribution is -0.143. The maximum atomic E-state index is 14.2. The van der Waals surface area contributed by atoms with Crippen LogP contribution in [0.25, 0.3) is 0 Å². The number of carbonyl (C=O) groups is 2. The Hall–Kier alpha value is -2.39. The molecule has 0 radical (unpaired) electrons. The fraction of sp³-hybridized carbons (Fsp3) is 0.760. The van der Waals surface area contributed by atoms with Crippen LogP contribution < -0.4 is 21.4 Å². The normalized spacial score (nSPS) is 30.0. The molecule has 41 heavy (non-hydrogen) atoms. The van der Waals surface area contributed by atoms with Gasteiger partial charge in [0.25, 0.3) is 5.56 Å². The second-order valence-electron chi connectivity index (χ2n) is 11.5. The van der Waals surface area contributed by atoms with Gasteiger partial charge in [-0.3, -0.25) is 28.5 Å². The predicted molar refractivity (Wildman–Crippen MR) is 145 cm³/mol. The van der Waals surface area contributed by atoms with E-state index in [2.05, 4.69) is 15.2 Å². The molecule has 2 fully saturated rings. The van der Waals surface area contributed by atoms with Crippen LogP contribution in [0.15, 0.2) is 21.9 Å². The summed E-state index contributed by atoms with van der Waals surface area (Å²) in [5.74, 6) is -1.42. The van der Waals surface area contributed by atoms with E-state index in [0.717, 1.165) is 10.6 Å². The summed E-state index contributed by atoms with van der Waals surface area (Å²) in [4.78, 5) is 50.9. The summed E-state index contributed by atoms with van der Waals surface area (Å²) in [6.45, 7) is 8.37. The Bertz CT molecular complexity index is 1250. The molecule has 15 nitrogen and oxygen atoms in total. The third-order valence-electron chi connectivity index (χ3n) is 7.44. The van der Waals surface area contributed by atoms with Crippen molar-refractivity contribution in [2.24, 2.45) is 11.8 Å². The molecule has 0 bridgehead atoms. The number of hydrogen-bond donors (Lipinski definition) is 5. The fourth-order valence-electron chi connectivity index (χ4n) is 5.42. The number of nitrogens with zero attached hydrogens (tertiary/aromatic N) is 1. The van der Waals surface area contributed by atoms with Gasteiger partial charge in [0.15, 0.2) is 0 Å². The first kappa shape index (κ1) is 33.1. The summed E-state index contributed by atoms with van der Waals surface area (Å²) in [6.07, 6.45) is -1.15. The molecular weight excluding hydrogens is 563 g/mol. The van der Waals surface area contributed by atoms with Crippen LogP contribution in [0.1, 0.15) is 53.5 Å². The molecule has 3 rings (SSSR count). The summed E-state index contributed by atoms with van der Waals surface area (Å²) in [5.41, 5.74) is -4.77. The molecule has 1 saturated carbocycles. The van der Waals surface area contributed by atoms with E-state index in [-0.39, 0.29) is 24.7 Å². The molecule has 0 aromatic carbocycles. The van der Waals surface area contributed by atoms with E-state index >= 15 is 0 Å². The van der Waals surface area contributed by atoms with E-state index in [0.29, 0.717) is 0 Å². The van der Waals surface area contributed by atoms with Gasteiger partial charge in [-0.05, 0) is 31.6 Å². The van der Waals surface area contributed by atoms with Crippen molar-refractivity contribution in [3.63, 3.8) is 0 Å². The number of hydrogen-bond acceptors (Lipinski definition) is 11. The zero-order valence-electron chi connectivity index (χ0n) is 24.3. The van der Waals surface area contributed by atoms with Gasteiger partial charge in [0, 0.05) is 12.3 Å². The number of rotatable bonds is 14. The molecular formula is C25H41N4O11P. The Morgan fingerprint density at radius 3 is 2.00 bits per heavy atom. The quantitative estimate of drug-likeness (QED) is 0.138. The molecule has 7 unspecified atom stereocenters. The minimum Gasteiger partial charge on any atom is -0.468 e. The first-order valence-electron chi connectivity index (χ1n) is 13.4. The van der Waals surface area contributed by atoms with Gasteiger partial charge in [0.1, 0.15) is 41.5 Å². The van der Waals surface area contributed by atoms with Gasteiger partial charge in [0.2, 0.25) is 0 Å². The summed E-state index contributed by atoms with van der Waals surface area (Å²) < 4.78 is 36.6. The lowest BCUT2D eigenvalue weighted by atomic mass is 10.1. The van der Waals surface area contributed by atoms with Crippen molar-refractivity contribution in [3.8, 4) is 0 Å². The van der Waals surface area contributed by atoms with Crippen molar-refractivity contribution in [1.29, 1.82) is 0 Å². The largest absolute Gasteiger partial charge is 0.468 e. The zero-order chi connectivity index (χ0) is 30.9. The van der Waals surface area contributed by atoms with E-state index in [1.807, 2.05) is 27.7 Å². The number of methoxy groups -OCH3 is 2. The number of aliphatic hydroxyl groups excluding tert-OH is 1. The second kappa shape index (κ2) is 12.5. The highest BCUT2D eigenvalue weighted by molar-refractivity contribution is 7.54. The van der Waals surface area contributed by atoms with Crippen molar-refractivity contribution in [2.45, 2.75) is 89.0 Å². The van der Waals surface area contributed by atoms with Gasteiger partial charge in [-0.25, -0.2) is 15.0 Å². The van der Waals surface area contributed by atoms with Crippen molar-refractivity contribution >= 4 is 19.6 Å². The van der Waals surface area contributed by atoms with E-state index < -0.39 is 79.0 Å². The predicted octanol–water partition coefficient (Wildman–Crippen LogP) is -0.180. The van der Waals surface area contributed by atoms with Crippen molar-refractivity contribution in [2.75, 3.05) is 20.8 Å². The Kier molecular flexibility index (Phi) is 10.1. The molecule has 1 aliphatic carbocycles. The Morgan fingerprint density at radius 1 is 1.10 bits per heavy atom. The third-order valence-corrected chi connectivity index (χ3v) is 9.25. The minimum atomic E-state index is -4.26. The number of H-pyrrole nitrogens is 1. The number of fused-ring (bicyclic) bond motifs is 1. The third kappa shape index (κ3) is 6.66. The molecule has 1 saturated heterocycles. The standard InChI is InChI=1S/C25H41N4O11P/c1-13(2)10-15(20(32)37-6)27-41(36,28-16(11-14(3)4)21(33)38-7)39-12-17-19(31)25(35)22(24(25,5)40-17)29-9-8-18(30)26-23(29)34/h8-9,13-17,19,22,31,35H,10-12H2,1-7H3,(H,26,30,34)(H2,27,28,36). The zero-order valence-corrected chi connectivity index (χ0v) is 25.2. The summed E-state index contributed by atoms with van der Waals surface area (Å²) >= 11 is 0. The summed E-state index contributed by atoms with van der Waals surface area (Å²) in [7, 11) is -1.89. The first-order chi connectivity index (χ1) is 19.0. The maximum absolute atomic E-state index is 14.2. The smallest absolute Gasteiger partial charge is 0.342 e. The van der Waals surface area contributed by atoms with Crippen LogP contribution in [0.3, 0.4) is 0 Å². The Labute approximate surface area is 237 Å². The van der Waals surface area contributed by atoms with E-state index in [4.69, 9.17) is 18.7 Å². The van der Waals surface area contributed by atoms with Crippen LogP contribution in [0, 0.1) is 11.8 Å². The Balaban J connectivity index is 1.85. The molecule has 2 aliphatic rings. The average molecular weight is 605 g/mol. The van der Waals surface area contributed by atoms with Crippen LogP contribution in [-0.4, -0.2) is 88.0 Å². The highest BCUT2D eigenvalue weighted by Crippen LogP contribution is 2.67. The van der Waals surface area contributed by atoms with Crippen LogP contribution in [0.4, 0.5) is 0 Å². The van der Waals surface area contributed by atoms with Crippen molar-refractivity contribution in [1.82, 2.24) is 19.7 Å². The molecule has 1 aromatic heterocycles. The number of aromatic amines is 1. The lowest BCUT2D eigenvalue weighted by Gasteiger charge is -2.31. The van der Waals surface area contributed by atoms with E-state index in [1.54, 1.807) is 0 Å². The van der Waals surface area contributed by atoms with Crippen LogP contribution >= 0.6 is 7.67 Å². The monoisotopic (exact) mass is 604 g/mol. The first-order valence-corrected chi connectivity index (χ1v) is 15.0. The van der Waals surface area contributed by atoms with Gasteiger partial charge in [-0.1, -0.05) is 27.7 Å². The molecule has 2 heterocycles. The topological polar surface area (TPSA) is 208 Å². The van der Waals surface area contributed by atoms with E-state index in [9.17, 15) is 34.0 Å². The number of nitrogens with one attached hydrogen (secondary N) is 3. The van der Waals surface area contributed by atoms with Crippen LogP contribution in [0.5, 0.6) is 0 Å². The number of esters is 2. The maximum Gasteiger partial charge on any atom is 0.342 e. The average Bonchev–Trinajstić information content (AvgIpc) is 3.29. The molecule has 16 heteroatoms. The van der Waals surface area contributed by atoms with Gasteiger partial charge in [0.05, 0.1) is 20.8 Å². The molecule has 1 aliphatic heterocycles. The lowest BCUT2D eigenvalue weighted by Crippen LogP contribution is -2.46. The summed E-state index contributed by atoms with van der Waals surface area (Å²) in [5, 5.41) is 27.7. The van der Waals surface area contributed by atoms with Crippen molar-refractivity contribution in [3.05, 3.63) is 33.1 Å². The number of carbonyl (C=O) groups excluding carboxylic acids is 2. The molecule has 0 amide bonds. The molecule has 0 spiro atoms. The molecule has 7 atom stereocenters. The van der Waals surface area contributed by atoms with Gasteiger partial charge >= 0.3 is 25.3 Å². The van der Waals surface area contributed by atoms with Gasteiger partial charge in [-0.15, -0.1) is 0 Å². The Morgan fingerprint density at radius 2 is 1.61 bits per heavy atom. The number of aromatic nitrogens is 2. The highest BCUT2D eigenvalue weighted by atomic mass is 31.2. The SMILES string of the molecule is COC(=O)C(CC(C)C)NP(=O)(NC(CC(C)C)C(=O)OC)OCC1OC2(C)C(n3ccc(=O)[nH]c3=O)C2(O)C1O. The fourth-order valence-corrected chi connectivity index (χ4v) is 7.24. The second-order valence-corrected chi connectivity index (χ2v) is 13.3.